The van der Waals surface area contributed by atoms with E-state index in [4.69, 9.17) is 4.74 Å². The second-order valence-corrected chi connectivity index (χ2v) is 11.0. The minimum absolute atomic E-state index is 0.0102. The number of rotatable bonds is 6. The maximum absolute atomic E-state index is 14.0. The van der Waals surface area contributed by atoms with Crippen molar-refractivity contribution in [2.45, 2.75) is 53.0 Å². The van der Waals surface area contributed by atoms with Crippen LogP contribution in [0.5, 0.6) is 5.75 Å². The predicted molar refractivity (Wildman–Crippen MR) is 154 cm³/mol. The average Bonchev–Trinajstić information content (AvgIpc) is 3.43. The summed E-state index contributed by atoms with van der Waals surface area (Å²) < 4.78 is 5.92. The van der Waals surface area contributed by atoms with Crippen molar-refractivity contribution in [1.29, 1.82) is 0 Å². The van der Waals surface area contributed by atoms with Crippen LogP contribution < -0.4 is 14.5 Å². The van der Waals surface area contributed by atoms with Gasteiger partial charge in [-0.15, -0.1) is 0 Å². The Morgan fingerprint density at radius 3 is 2.39 bits per heavy atom. The summed E-state index contributed by atoms with van der Waals surface area (Å²) >= 11 is 0. The van der Waals surface area contributed by atoms with Gasteiger partial charge in [0, 0.05) is 56.9 Å². The molecule has 0 bridgehead atoms. The number of para-hydroxylation sites is 1. The van der Waals surface area contributed by atoms with E-state index in [1.807, 2.05) is 53.1 Å². The van der Waals surface area contributed by atoms with Gasteiger partial charge in [0.05, 0.1) is 12.3 Å². The van der Waals surface area contributed by atoms with Gasteiger partial charge in [-0.3, -0.25) is 9.59 Å². The molecule has 2 aliphatic heterocycles. The highest BCUT2D eigenvalue weighted by Crippen LogP contribution is 2.33. The molecule has 2 aliphatic rings. The summed E-state index contributed by atoms with van der Waals surface area (Å²) in [5, 5.41) is 0. The average molecular weight is 521 g/mol. The number of hydrogen-bond donors (Lipinski definition) is 0. The van der Waals surface area contributed by atoms with Crippen LogP contribution >= 0.6 is 0 Å². The highest BCUT2D eigenvalue weighted by Gasteiger charge is 2.25. The lowest BCUT2D eigenvalue weighted by Gasteiger charge is -2.29. The van der Waals surface area contributed by atoms with Gasteiger partial charge in [-0.1, -0.05) is 32.0 Å². The highest BCUT2D eigenvalue weighted by atomic mass is 16.5. The highest BCUT2D eigenvalue weighted by molar-refractivity contribution is 5.96. The van der Waals surface area contributed by atoms with Crippen LogP contribution in [-0.2, 0) is 11.3 Å². The summed E-state index contributed by atoms with van der Waals surface area (Å²) in [6.45, 7) is 12.1. The van der Waals surface area contributed by atoms with Crippen LogP contribution in [0.4, 0.5) is 11.4 Å². The number of benzene rings is 2. The van der Waals surface area contributed by atoms with Crippen LogP contribution in [0.2, 0.25) is 0 Å². The molecule has 0 spiro atoms. The molecule has 0 radical (unpaired) electrons. The van der Waals surface area contributed by atoms with Crippen LogP contribution in [-0.4, -0.2) is 74.5 Å². The molecule has 38 heavy (non-hydrogen) atoms. The fourth-order valence-corrected chi connectivity index (χ4v) is 5.42. The van der Waals surface area contributed by atoms with E-state index in [9.17, 15) is 9.59 Å². The van der Waals surface area contributed by atoms with Crippen molar-refractivity contribution in [3.63, 3.8) is 0 Å². The Morgan fingerprint density at radius 2 is 1.66 bits per heavy atom. The summed E-state index contributed by atoms with van der Waals surface area (Å²) in [7, 11) is 2.09. The molecule has 1 fully saturated rings. The number of likely N-dealkylation sites (N-methyl/N-ethyl adjacent to an activating group) is 1. The Kier molecular flexibility index (Phi) is 9.67. The topological polar surface area (TPSA) is 56.3 Å². The van der Waals surface area contributed by atoms with E-state index < -0.39 is 0 Å². The Bertz CT molecular complexity index is 1100. The van der Waals surface area contributed by atoms with Crippen LogP contribution in [0.25, 0.3) is 0 Å². The third-order valence-electron chi connectivity index (χ3n) is 7.44. The normalized spacial score (nSPS) is 17.3. The molecule has 2 heterocycles. The zero-order valence-electron chi connectivity index (χ0n) is 23.6. The Morgan fingerprint density at radius 1 is 0.895 bits per heavy atom. The molecule has 0 aliphatic carbocycles. The first-order valence-corrected chi connectivity index (χ1v) is 14.2. The van der Waals surface area contributed by atoms with Gasteiger partial charge in [0.1, 0.15) is 5.75 Å². The Hall–Kier alpha value is -3.06. The quantitative estimate of drug-likeness (QED) is 0.534. The molecule has 7 heteroatoms. The molecule has 206 valence electrons. The molecule has 2 aromatic carbocycles. The van der Waals surface area contributed by atoms with E-state index in [1.54, 1.807) is 0 Å². The molecule has 0 N–H and O–H groups in total. The van der Waals surface area contributed by atoms with Gasteiger partial charge in [0.15, 0.2) is 0 Å². The molecule has 4 rings (SSSR count). The zero-order chi connectivity index (χ0) is 27.1. The molecular weight excluding hydrogens is 476 g/mol. The second-order valence-electron chi connectivity index (χ2n) is 11.0. The van der Waals surface area contributed by atoms with Gasteiger partial charge in [0.25, 0.3) is 5.91 Å². The number of carbonyl (C=O) groups is 2. The summed E-state index contributed by atoms with van der Waals surface area (Å²) in [5.74, 6) is 1.29. The van der Waals surface area contributed by atoms with Crippen molar-refractivity contribution in [3.8, 4) is 5.75 Å². The number of anilines is 2. The number of hydrogen-bond acceptors (Lipinski definition) is 5. The maximum atomic E-state index is 14.0. The Labute approximate surface area is 228 Å². The van der Waals surface area contributed by atoms with E-state index in [0.29, 0.717) is 38.2 Å². The Balaban J connectivity index is 1.67. The molecule has 2 amide bonds. The summed E-state index contributed by atoms with van der Waals surface area (Å²) in [4.78, 5) is 35.8. The van der Waals surface area contributed by atoms with Crippen LogP contribution in [0.3, 0.4) is 0 Å². The number of fused-ring (bicyclic) bond motifs is 1. The van der Waals surface area contributed by atoms with E-state index in [1.165, 1.54) is 0 Å². The van der Waals surface area contributed by atoms with Crippen molar-refractivity contribution in [3.05, 3.63) is 53.6 Å². The molecule has 1 saturated heterocycles. The van der Waals surface area contributed by atoms with Crippen molar-refractivity contribution in [2.24, 2.45) is 5.92 Å². The molecule has 2 aromatic rings. The lowest BCUT2D eigenvalue weighted by molar-refractivity contribution is -0.119. The first kappa shape index (κ1) is 28.0. The van der Waals surface area contributed by atoms with Gasteiger partial charge >= 0.3 is 0 Å². The number of nitrogens with zero attached hydrogens (tertiary/aromatic N) is 4. The smallest absolute Gasteiger partial charge is 0.254 e. The summed E-state index contributed by atoms with van der Waals surface area (Å²) in [6, 6.07) is 13.9. The number of carbonyl (C=O) groups excluding carboxylic acids is 2. The summed E-state index contributed by atoms with van der Waals surface area (Å²) in [5.41, 5.74) is 3.62. The minimum atomic E-state index is 0.0102. The minimum Gasteiger partial charge on any atom is -0.492 e. The van der Waals surface area contributed by atoms with Gasteiger partial charge in [-0.05, 0) is 75.5 Å². The van der Waals surface area contributed by atoms with Crippen LogP contribution in [0.1, 0.15) is 62.4 Å². The number of amides is 2. The van der Waals surface area contributed by atoms with Gasteiger partial charge in [0.2, 0.25) is 5.91 Å². The fraction of sp³-hybridized carbons (Fsp3) is 0.548. The van der Waals surface area contributed by atoms with Crippen molar-refractivity contribution in [2.75, 3.05) is 62.7 Å². The fourth-order valence-electron chi connectivity index (χ4n) is 5.42. The first-order chi connectivity index (χ1) is 18.4. The predicted octanol–water partition coefficient (Wildman–Crippen LogP) is 5.04. The molecule has 0 saturated carbocycles. The standard InChI is InChI=1S/C31H44N4O3/c1-5-38-29-14-13-25(22-28(29)33-16-8-9-17-33)31(37)34-20-19-32(4)15-10-18-35(30(36)21-24(2)3)27-12-7-6-11-26(27)23-34/h6-7,11-14,22,24H,5,8-10,15-21,23H2,1-4H3. The lowest BCUT2D eigenvalue weighted by atomic mass is 10.1. The number of ether oxygens (including phenoxy) is 1. The van der Waals surface area contributed by atoms with Crippen molar-refractivity contribution in [1.82, 2.24) is 9.80 Å². The van der Waals surface area contributed by atoms with E-state index >= 15 is 0 Å². The monoisotopic (exact) mass is 520 g/mol. The van der Waals surface area contributed by atoms with Crippen LogP contribution in [0.15, 0.2) is 42.5 Å². The summed E-state index contributed by atoms with van der Waals surface area (Å²) in [6.07, 6.45) is 3.72. The molecular formula is C31H44N4O3. The first-order valence-electron chi connectivity index (χ1n) is 14.2. The SMILES string of the molecule is CCOc1ccc(C(=O)N2CCN(C)CCCN(C(=O)CC(C)C)c3ccccc3C2)cc1N1CCCC1. The van der Waals surface area contributed by atoms with Gasteiger partial charge in [-0.25, -0.2) is 0 Å². The third-order valence-corrected chi connectivity index (χ3v) is 7.44. The van der Waals surface area contributed by atoms with E-state index in [-0.39, 0.29) is 17.7 Å². The molecule has 7 nitrogen and oxygen atoms in total. The van der Waals surface area contributed by atoms with Crippen molar-refractivity contribution < 1.29 is 14.3 Å². The van der Waals surface area contributed by atoms with E-state index in [0.717, 1.165) is 68.1 Å². The van der Waals surface area contributed by atoms with Gasteiger partial charge in [-0.2, -0.15) is 0 Å². The van der Waals surface area contributed by atoms with Gasteiger partial charge < -0.3 is 24.3 Å². The zero-order valence-corrected chi connectivity index (χ0v) is 23.6. The van der Waals surface area contributed by atoms with Crippen LogP contribution in [0, 0.1) is 5.92 Å². The lowest BCUT2D eigenvalue weighted by Crippen LogP contribution is -2.37. The molecule has 0 aromatic heterocycles. The largest absolute Gasteiger partial charge is 0.492 e. The van der Waals surface area contributed by atoms with Crippen molar-refractivity contribution >= 4 is 23.2 Å². The molecule has 0 atom stereocenters. The third kappa shape index (κ3) is 6.87. The molecule has 0 unspecified atom stereocenters. The van der Waals surface area contributed by atoms with E-state index in [2.05, 4.69) is 36.8 Å². The second kappa shape index (κ2) is 13.1. The maximum Gasteiger partial charge on any atom is 0.254 e.